The molecule has 5 nitrogen and oxygen atoms in total. The fourth-order valence-corrected chi connectivity index (χ4v) is 2.15. The minimum atomic E-state index is -0.466. The quantitative estimate of drug-likeness (QED) is 0.679. The molecule has 1 aliphatic rings. The number of hydrogen-bond acceptors (Lipinski definition) is 4. The molecule has 1 N–H and O–H groups in total. The number of esters is 1. The van der Waals surface area contributed by atoms with Gasteiger partial charge in [-0.05, 0) is 17.7 Å². The van der Waals surface area contributed by atoms with E-state index in [0.717, 1.165) is 12.0 Å². The van der Waals surface area contributed by atoms with Crippen molar-refractivity contribution in [2.45, 2.75) is 6.42 Å². The standard InChI is InChI=1S/C14H14ClNO4/c1-19-12(17)3-2-5-16-14(18)11-8-10(15)7-9-4-6-20-13(9)11/h2-3,7-8H,4-6H2,1H3,(H,16,18)/b3-2+. The summed E-state index contributed by atoms with van der Waals surface area (Å²) in [5, 5.41) is 3.17. The van der Waals surface area contributed by atoms with E-state index < -0.39 is 5.97 Å². The maximum absolute atomic E-state index is 12.1. The number of carbonyl (C=O) groups excluding carboxylic acids is 2. The molecule has 0 aliphatic carbocycles. The molecule has 20 heavy (non-hydrogen) atoms. The van der Waals surface area contributed by atoms with Gasteiger partial charge in [-0.2, -0.15) is 0 Å². The van der Waals surface area contributed by atoms with Crippen LogP contribution >= 0.6 is 11.6 Å². The van der Waals surface area contributed by atoms with Crippen molar-refractivity contribution in [2.75, 3.05) is 20.3 Å². The van der Waals surface area contributed by atoms with E-state index >= 15 is 0 Å². The first-order valence-corrected chi connectivity index (χ1v) is 6.47. The molecule has 1 aromatic rings. The van der Waals surface area contributed by atoms with Gasteiger partial charge < -0.3 is 14.8 Å². The van der Waals surface area contributed by atoms with E-state index in [1.807, 2.05) is 0 Å². The summed E-state index contributed by atoms with van der Waals surface area (Å²) in [6.45, 7) is 0.771. The normalized spacial score (nSPS) is 12.9. The summed E-state index contributed by atoms with van der Waals surface area (Å²) in [5.41, 5.74) is 1.35. The highest BCUT2D eigenvalue weighted by atomic mass is 35.5. The van der Waals surface area contributed by atoms with Crippen LogP contribution < -0.4 is 10.1 Å². The van der Waals surface area contributed by atoms with Crippen LogP contribution in [0.4, 0.5) is 0 Å². The highest BCUT2D eigenvalue weighted by Crippen LogP contribution is 2.32. The van der Waals surface area contributed by atoms with Crippen LogP contribution in [0.3, 0.4) is 0 Å². The number of nitrogens with one attached hydrogen (secondary N) is 1. The molecule has 0 fully saturated rings. The monoisotopic (exact) mass is 295 g/mol. The Kier molecular flexibility index (Phi) is 4.63. The molecule has 1 heterocycles. The maximum Gasteiger partial charge on any atom is 0.330 e. The van der Waals surface area contributed by atoms with Gasteiger partial charge in [0, 0.05) is 24.1 Å². The Labute approximate surface area is 121 Å². The summed E-state index contributed by atoms with van der Waals surface area (Å²) in [4.78, 5) is 22.9. The Bertz CT molecular complexity index is 569. The van der Waals surface area contributed by atoms with Crippen molar-refractivity contribution in [3.63, 3.8) is 0 Å². The summed E-state index contributed by atoms with van der Waals surface area (Å²) < 4.78 is 9.90. The third kappa shape index (κ3) is 3.30. The van der Waals surface area contributed by atoms with Crippen LogP contribution in [0.2, 0.25) is 5.02 Å². The number of benzene rings is 1. The number of carbonyl (C=O) groups is 2. The topological polar surface area (TPSA) is 64.6 Å². The Balaban J connectivity index is 2.03. The number of fused-ring (bicyclic) bond motifs is 1. The van der Waals surface area contributed by atoms with E-state index in [-0.39, 0.29) is 12.5 Å². The summed E-state index contributed by atoms with van der Waals surface area (Å²) >= 11 is 5.98. The maximum atomic E-state index is 12.1. The van der Waals surface area contributed by atoms with Gasteiger partial charge in [0.1, 0.15) is 5.75 Å². The Hall–Kier alpha value is -2.01. The van der Waals surface area contributed by atoms with E-state index in [1.54, 1.807) is 12.1 Å². The number of ether oxygens (including phenoxy) is 2. The van der Waals surface area contributed by atoms with E-state index in [0.29, 0.717) is 22.9 Å². The van der Waals surface area contributed by atoms with Gasteiger partial charge in [0.25, 0.3) is 5.91 Å². The van der Waals surface area contributed by atoms with Gasteiger partial charge in [0.15, 0.2) is 0 Å². The Morgan fingerprint density at radius 2 is 2.30 bits per heavy atom. The molecule has 0 radical (unpaired) electrons. The van der Waals surface area contributed by atoms with Gasteiger partial charge >= 0.3 is 5.97 Å². The first-order chi connectivity index (χ1) is 9.61. The fraction of sp³-hybridized carbons (Fsp3) is 0.286. The van der Waals surface area contributed by atoms with Crippen molar-refractivity contribution < 1.29 is 19.1 Å². The molecule has 2 rings (SSSR count). The molecule has 0 aromatic heterocycles. The second kappa shape index (κ2) is 6.43. The van der Waals surface area contributed by atoms with Crippen molar-refractivity contribution >= 4 is 23.5 Å². The summed E-state index contributed by atoms with van der Waals surface area (Å²) in [6.07, 6.45) is 3.51. The Morgan fingerprint density at radius 3 is 3.05 bits per heavy atom. The third-order valence-corrected chi connectivity index (χ3v) is 3.05. The molecule has 0 unspecified atom stereocenters. The minimum Gasteiger partial charge on any atom is -0.492 e. The van der Waals surface area contributed by atoms with Gasteiger partial charge in [0.2, 0.25) is 0 Å². The lowest BCUT2D eigenvalue weighted by molar-refractivity contribution is -0.134. The van der Waals surface area contributed by atoms with Crippen LogP contribution in [0.25, 0.3) is 0 Å². The van der Waals surface area contributed by atoms with Crippen LogP contribution in [0.15, 0.2) is 24.3 Å². The van der Waals surface area contributed by atoms with Gasteiger partial charge in [-0.3, -0.25) is 4.79 Å². The van der Waals surface area contributed by atoms with Gasteiger partial charge in [-0.15, -0.1) is 0 Å². The zero-order valence-corrected chi connectivity index (χ0v) is 11.7. The zero-order chi connectivity index (χ0) is 14.5. The zero-order valence-electron chi connectivity index (χ0n) is 10.9. The predicted molar refractivity (Wildman–Crippen MR) is 74.1 cm³/mol. The molecule has 0 saturated carbocycles. The first-order valence-electron chi connectivity index (χ1n) is 6.09. The van der Waals surface area contributed by atoms with E-state index in [9.17, 15) is 9.59 Å². The van der Waals surface area contributed by atoms with Crippen molar-refractivity contribution in [3.8, 4) is 5.75 Å². The number of rotatable bonds is 4. The number of halogens is 1. The van der Waals surface area contributed by atoms with E-state index in [1.165, 1.54) is 19.3 Å². The molecule has 0 saturated heterocycles. The van der Waals surface area contributed by atoms with E-state index in [4.69, 9.17) is 16.3 Å². The van der Waals surface area contributed by atoms with Crippen LogP contribution in [0.5, 0.6) is 5.75 Å². The molecule has 106 valence electrons. The number of hydrogen-bond donors (Lipinski definition) is 1. The molecule has 0 bridgehead atoms. The molecule has 1 aromatic carbocycles. The second-order valence-corrected chi connectivity index (χ2v) is 4.61. The molecule has 6 heteroatoms. The predicted octanol–water partition coefficient (Wildman–Crippen LogP) is 1.73. The second-order valence-electron chi connectivity index (χ2n) is 4.18. The molecular formula is C14H14ClNO4. The fourth-order valence-electron chi connectivity index (χ4n) is 1.91. The smallest absolute Gasteiger partial charge is 0.330 e. The van der Waals surface area contributed by atoms with Crippen molar-refractivity contribution in [3.05, 3.63) is 40.4 Å². The summed E-state index contributed by atoms with van der Waals surface area (Å²) in [5.74, 6) is -0.171. The number of methoxy groups -OCH3 is 1. The van der Waals surface area contributed by atoms with Crippen LogP contribution in [-0.2, 0) is 16.0 Å². The highest BCUT2D eigenvalue weighted by Gasteiger charge is 2.21. The van der Waals surface area contributed by atoms with Gasteiger partial charge in [-0.1, -0.05) is 17.7 Å². The lowest BCUT2D eigenvalue weighted by atomic mass is 10.1. The van der Waals surface area contributed by atoms with Gasteiger partial charge in [-0.25, -0.2) is 4.79 Å². The average molecular weight is 296 g/mol. The van der Waals surface area contributed by atoms with E-state index in [2.05, 4.69) is 10.1 Å². The lowest BCUT2D eigenvalue weighted by Gasteiger charge is -2.08. The summed E-state index contributed by atoms with van der Waals surface area (Å²) in [7, 11) is 1.29. The molecule has 1 aliphatic heterocycles. The van der Waals surface area contributed by atoms with Crippen LogP contribution in [0.1, 0.15) is 15.9 Å². The average Bonchev–Trinajstić information content (AvgIpc) is 2.89. The first kappa shape index (κ1) is 14.4. The SMILES string of the molecule is COC(=O)/C=C/CNC(=O)c1cc(Cl)cc2c1OCC2. The molecule has 0 spiro atoms. The van der Waals surface area contributed by atoms with Crippen LogP contribution in [-0.4, -0.2) is 32.1 Å². The molecule has 0 atom stereocenters. The largest absolute Gasteiger partial charge is 0.492 e. The molecular weight excluding hydrogens is 282 g/mol. The lowest BCUT2D eigenvalue weighted by Crippen LogP contribution is -2.24. The molecule has 1 amide bonds. The minimum absolute atomic E-state index is 0.217. The number of amides is 1. The van der Waals surface area contributed by atoms with Gasteiger partial charge in [0.05, 0.1) is 19.3 Å². The van der Waals surface area contributed by atoms with Crippen molar-refractivity contribution in [1.29, 1.82) is 0 Å². The van der Waals surface area contributed by atoms with Crippen molar-refractivity contribution in [2.24, 2.45) is 0 Å². The summed E-state index contributed by atoms with van der Waals surface area (Å²) in [6, 6.07) is 3.38. The van der Waals surface area contributed by atoms with Crippen LogP contribution in [0, 0.1) is 0 Å². The third-order valence-electron chi connectivity index (χ3n) is 2.83. The highest BCUT2D eigenvalue weighted by molar-refractivity contribution is 6.31. The Morgan fingerprint density at radius 1 is 1.50 bits per heavy atom. The van der Waals surface area contributed by atoms with Crippen molar-refractivity contribution in [1.82, 2.24) is 5.32 Å².